The first-order chi connectivity index (χ1) is 14.6. The fourth-order valence-electron chi connectivity index (χ4n) is 4.09. The lowest BCUT2D eigenvalue weighted by Gasteiger charge is -2.30. The standard InChI is InChI=1S/C27H31F3/c1-2-3-4-5-6-7-13-18-27(30)25(28)19-22(20-26(27)29)24-17-12-11-16-23(24)21-14-9-8-10-15-21/h8-12,14-17,19-20,25H,2-7,13,18H2,1H3. The molecule has 2 aromatic carbocycles. The Kier molecular flexibility index (Phi) is 7.95. The van der Waals surface area contributed by atoms with Crippen molar-refractivity contribution in [2.75, 3.05) is 0 Å². The van der Waals surface area contributed by atoms with Gasteiger partial charge in [0.25, 0.3) is 0 Å². The molecule has 2 unspecified atom stereocenters. The van der Waals surface area contributed by atoms with Crippen LogP contribution in [0, 0.1) is 0 Å². The van der Waals surface area contributed by atoms with Crippen molar-refractivity contribution in [3.8, 4) is 11.1 Å². The van der Waals surface area contributed by atoms with Crippen LogP contribution in [0.15, 0.2) is 72.6 Å². The summed E-state index contributed by atoms with van der Waals surface area (Å²) in [5, 5.41) is 0. The van der Waals surface area contributed by atoms with Crippen molar-refractivity contribution >= 4 is 5.57 Å². The largest absolute Gasteiger partial charge is 0.239 e. The highest BCUT2D eigenvalue weighted by atomic mass is 19.2. The highest BCUT2D eigenvalue weighted by Gasteiger charge is 2.45. The number of unbranched alkanes of at least 4 members (excludes halogenated alkanes) is 6. The molecule has 1 aliphatic carbocycles. The molecule has 2 aromatic rings. The van der Waals surface area contributed by atoms with Gasteiger partial charge in [-0.3, -0.25) is 0 Å². The number of rotatable bonds is 10. The second-order valence-corrected chi connectivity index (χ2v) is 8.16. The molecule has 0 nitrogen and oxygen atoms in total. The van der Waals surface area contributed by atoms with Crippen molar-refractivity contribution in [1.82, 2.24) is 0 Å². The van der Waals surface area contributed by atoms with Crippen LogP contribution in [0.1, 0.15) is 63.9 Å². The maximum Gasteiger partial charge on any atom is 0.196 e. The summed E-state index contributed by atoms with van der Waals surface area (Å²) in [5.74, 6) is -0.999. The van der Waals surface area contributed by atoms with E-state index in [0.29, 0.717) is 17.6 Å². The van der Waals surface area contributed by atoms with E-state index in [9.17, 15) is 8.78 Å². The van der Waals surface area contributed by atoms with Crippen LogP contribution >= 0.6 is 0 Å². The minimum Gasteiger partial charge on any atom is -0.239 e. The molecule has 0 saturated carbocycles. The summed E-state index contributed by atoms with van der Waals surface area (Å²) in [7, 11) is 0. The fraction of sp³-hybridized carbons (Fsp3) is 0.407. The topological polar surface area (TPSA) is 0 Å². The Morgan fingerprint density at radius 1 is 0.800 bits per heavy atom. The van der Waals surface area contributed by atoms with Crippen LogP contribution in [-0.4, -0.2) is 11.8 Å². The number of alkyl halides is 2. The molecule has 30 heavy (non-hydrogen) atoms. The van der Waals surface area contributed by atoms with Crippen molar-refractivity contribution in [3.63, 3.8) is 0 Å². The Labute approximate surface area is 178 Å². The summed E-state index contributed by atoms with van der Waals surface area (Å²) in [5.41, 5.74) is 0.387. The summed E-state index contributed by atoms with van der Waals surface area (Å²) in [6.07, 6.45) is 7.26. The Hall–Kier alpha value is -2.29. The second-order valence-electron chi connectivity index (χ2n) is 8.16. The third kappa shape index (κ3) is 5.24. The first-order valence-corrected chi connectivity index (χ1v) is 11.1. The van der Waals surface area contributed by atoms with Gasteiger partial charge >= 0.3 is 0 Å². The summed E-state index contributed by atoms with van der Waals surface area (Å²) in [6.45, 7) is 2.16. The van der Waals surface area contributed by atoms with Gasteiger partial charge in [-0.1, -0.05) is 100 Å². The molecule has 0 aromatic heterocycles. The summed E-state index contributed by atoms with van der Waals surface area (Å²) >= 11 is 0. The van der Waals surface area contributed by atoms with Crippen molar-refractivity contribution in [2.45, 2.75) is 70.1 Å². The van der Waals surface area contributed by atoms with Crippen LogP contribution in [-0.2, 0) is 0 Å². The van der Waals surface area contributed by atoms with Crippen molar-refractivity contribution in [3.05, 3.63) is 78.1 Å². The van der Waals surface area contributed by atoms with E-state index in [2.05, 4.69) is 6.92 Å². The third-order valence-electron chi connectivity index (χ3n) is 5.91. The molecule has 0 aliphatic heterocycles. The van der Waals surface area contributed by atoms with Gasteiger partial charge in [0.05, 0.1) is 0 Å². The van der Waals surface area contributed by atoms with Crippen molar-refractivity contribution in [1.29, 1.82) is 0 Å². The Morgan fingerprint density at radius 2 is 1.40 bits per heavy atom. The van der Waals surface area contributed by atoms with Crippen LogP contribution in [0.3, 0.4) is 0 Å². The number of hydrogen-bond donors (Lipinski definition) is 0. The minimum atomic E-state index is -2.55. The number of halogens is 3. The highest BCUT2D eigenvalue weighted by Crippen LogP contribution is 2.43. The zero-order chi connectivity index (χ0) is 21.4. The predicted octanol–water partition coefficient (Wildman–Crippen LogP) is 8.79. The van der Waals surface area contributed by atoms with Gasteiger partial charge in [-0.25, -0.2) is 13.2 Å². The molecule has 0 saturated heterocycles. The molecule has 0 bridgehead atoms. The van der Waals surface area contributed by atoms with E-state index < -0.39 is 17.7 Å². The molecule has 3 rings (SSSR count). The van der Waals surface area contributed by atoms with Crippen molar-refractivity contribution in [2.24, 2.45) is 0 Å². The Bertz CT molecular complexity index is 869. The lowest BCUT2D eigenvalue weighted by atomic mass is 9.83. The molecule has 0 N–H and O–H groups in total. The zero-order valence-corrected chi connectivity index (χ0v) is 17.7. The van der Waals surface area contributed by atoms with E-state index in [1.807, 2.05) is 54.6 Å². The quantitative estimate of drug-likeness (QED) is 0.342. The number of benzene rings is 2. The van der Waals surface area contributed by atoms with Gasteiger partial charge in [0.15, 0.2) is 11.8 Å². The van der Waals surface area contributed by atoms with E-state index in [0.717, 1.165) is 30.4 Å². The van der Waals surface area contributed by atoms with E-state index in [-0.39, 0.29) is 6.42 Å². The summed E-state index contributed by atoms with van der Waals surface area (Å²) in [6, 6.07) is 17.1. The van der Waals surface area contributed by atoms with Gasteiger partial charge in [-0.05, 0) is 47.3 Å². The average molecular weight is 413 g/mol. The normalized spacial score (nSPS) is 21.3. The molecular weight excluding hydrogens is 381 g/mol. The molecule has 0 fully saturated rings. The van der Waals surface area contributed by atoms with Gasteiger partial charge in [0, 0.05) is 0 Å². The van der Waals surface area contributed by atoms with Gasteiger partial charge < -0.3 is 0 Å². The van der Waals surface area contributed by atoms with Gasteiger partial charge in [0.1, 0.15) is 5.83 Å². The van der Waals surface area contributed by atoms with Gasteiger partial charge in [0.2, 0.25) is 0 Å². The first kappa shape index (κ1) is 22.4. The number of allylic oxidation sites excluding steroid dienone is 4. The van der Waals surface area contributed by atoms with Crippen LogP contribution in [0.25, 0.3) is 16.7 Å². The average Bonchev–Trinajstić information content (AvgIpc) is 2.77. The SMILES string of the molecule is CCCCCCCCCC1(F)C(F)=CC(c2ccccc2-c2ccccc2)=CC1F. The van der Waals surface area contributed by atoms with Gasteiger partial charge in [-0.15, -0.1) is 0 Å². The minimum absolute atomic E-state index is 0.117. The molecule has 2 atom stereocenters. The molecule has 0 heterocycles. The van der Waals surface area contributed by atoms with Crippen LogP contribution in [0.4, 0.5) is 13.2 Å². The maximum atomic E-state index is 15.2. The molecule has 3 heteroatoms. The number of hydrogen-bond acceptors (Lipinski definition) is 0. The van der Waals surface area contributed by atoms with E-state index in [4.69, 9.17) is 0 Å². The molecule has 1 aliphatic rings. The monoisotopic (exact) mass is 412 g/mol. The maximum absolute atomic E-state index is 15.2. The van der Waals surface area contributed by atoms with Crippen LogP contribution in [0.5, 0.6) is 0 Å². The highest BCUT2D eigenvalue weighted by molar-refractivity contribution is 5.86. The summed E-state index contributed by atoms with van der Waals surface area (Å²) < 4.78 is 45.0. The molecule has 0 amide bonds. The second kappa shape index (κ2) is 10.7. The first-order valence-electron chi connectivity index (χ1n) is 11.1. The van der Waals surface area contributed by atoms with E-state index in [1.165, 1.54) is 31.4 Å². The zero-order valence-electron chi connectivity index (χ0n) is 17.7. The predicted molar refractivity (Wildman–Crippen MR) is 120 cm³/mol. The van der Waals surface area contributed by atoms with E-state index in [1.54, 1.807) is 0 Å². The molecule has 160 valence electrons. The lowest BCUT2D eigenvalue weighted by Crippen LogP contribution is -2.36. The fourth-order valence-corrected chi connectivity index (χ4v) is 4.09. The Morgan fingerprint density at radius 3 is 2.07 bits per heavy atom. The van der Waals surface area contributed by atoms with Gasteiger partial charge in [-0.2, -0.15) is 0 Å². The smallest absolute Gasteiger partial charge is 0.196 e. The summed E-state index contributed by atoms with van der Waals surface area (Å²) in [4.78, 5) is 0. The Balaban J connectivity index is 1.71. The lowest BCUT2D eigenvalue weighted by molar-refractivity contribution is 0.0760. The van der Waals surface area contributed by atoms with E-state index >= 15 is 4.39 Å². The van der Waals surface area contributed by atoms with Crippen LogP contribution < -0.4 is 0 Å². The molecule has 0 radical (unpaired) electrons. The molecule has 0 spiro atoms. The van der Waals surface area contributed by atoms with Crippen molar-refractivity contribution < 1.29 is 13.2 Å². The molecular formula is C27H31F3. The van der Waals surface area contributed by atoms with Crippen LogP contribution in [0.2, 0.25) is 0 Å². The third-order valence-corrected chi connectivity index (χ3v) is 5.91.